The Hall–Kier alpha value is -2.04. The predicted molar refractivity (Wildman–Crippen MR) is 59.9 cm³/mol. The smallest absolute Gasteiger partial charge is 0.367 e. The molecule has 2 rings (SSSR count). The molecular weight excluding hydrogens is 206 g/mol. The van der Waals surface area contributed by atoms with E-state index in [9.17, 15) is 4.79 Å². The lowest BCUT2D eigenvalue weighted by Crippen LogP contribution is -2.17. The van der Waals surface area contributed by atoms with Crippen molar-refractivity contribution >= 4 is 5.95 Å². The lowest BCUT2D eigenvalue weighted by atomic mass is 10.1. The molecule has 0 aliphatic heterocycles. The molecule has 16 heavy (non-hydrogen) atoms. The van der Waals surface area contributed by atoms with E-state index in [1.807, 2.05) is 18.2 Å². The maximum atomic E-state index is 11.1. The zero-order valence-electron chi connectivity index (χ0n) is 8.80. The van der Waals surface area contributed by atoms with Gasteiger partial charge in [-0.25, -0.2) is 9.36 Å². The highest BCUT2D eigenvalue weighted by Gasteiger charge is 2.05. The quantitative estimate of drug-likeness (QED) is 0.834. The number of hydrogen-bond donors (Lipinski definition) is 1. The van der Waals surface area contributed by atoms with Crippen molar-refractivity contribution in [1.29, 1.82) is 0 Å². The van der Waals surface area contributed by atoms with Gasteiger partial charge in [-0.2, -0.15) is 0 Å². The standard InChI is InChI=1S/C11H13N3O2/c12-10-13-16-11(15)14(10)8-4-7-9-5-2-1-3-6-9/h1-3,5-6H,4,7-8H2,(H2,12,13). The first-order valence-corrected chi connectivity index (χ1v) is 5.13. The summed E-state index contributed by atoms with van der Waals surface area (Å²) < 4.78 is 5.77. The van der Waals surface area contributed by atoms with Crippen LogP contribution in [0.2, 0.25) is 0 Å². The molecule has 84 valence electrons. The summed E-state index contributed by atoms with van der Waals surface area (Å²) in [6, 6.07) is 10.1. The maximum absolute atomic E-state index is 11.1. The summed E-state index contributed by atoms with van der Waals surface area (Å²) >= 11 is 0. The molecule has 0 saturated heterocycles. The first kappa shape index (κ1) is 10.5. The molecule has 2 aromatic rings. The van der Waals surface area contributed by atoms with Crippen molar-refractivity contribution in [3.8, 4) is 0 Å². The molecule has 0 bridgehead atoms. The highest BCUT2D eigenvalue weighted by Crippen LogP contribution is 2.04. The van der Waals surface area contributed by atoms with Crippen LogP contribution in [0, 0.1) is 0 Å². The van der Waals surface area contributed by atoms with Gasteiger partial charge in [0, 0.05) is 6.54 Å². The van der Waals surface area contributed by atoms with E-state index in [0.29, 0.717) is 6.54 Å². The summed E-state index contributed by atoms with van der Waals surface area (Å²) in [5.74, 6) is -0.358. The molecule has 0 fully saturated rings. The molecule has 5 nitrogen and oxygen atoms in total. The topological polar surface area (TPSA) is 74.1 Å². The second-order valence-corrected chi connectivity index (χ2v) is 3.55. The van der Waals surface area contributed by atoms with Crippen LogP contribution in [0.4, 0.5) is 5.95 Å². The number of anilines is 1. The van der Waals surface area contributed by atoms with Crippen molar-refractivity contribution in [3.05, 3.63) is 46.4 Å². The number of benzene rings is 1. The largest absolute Gasteiger partial charge is 0.443 e. The van der Waals surface area contributed by atoms with Crippen molar-refractivity contribution in [1.82, 2.24) is 9.72 Å². The molecule has 0 spiro atoms. The van der Waals surface area contributed by atoms with Crippen molar-refractivity contribution < 1.29 is 4.52 Å². The molecule has 0 aliphatic carbocycles. The number of rotatable bonds is 4. The summed E-state index contributed by atoms with van der Waals surface area (Å²) in [5.41, 5.74) is 6.72. The fourth-order valence-corrected chi connectivity index (χ4v) is 1.57. The van der Waals surface area contributed by atoms with Crippen LogP contribution in [0.5, 0.6) is 0 Å². The monoisotopic (exact) mass is 219 g/mol. The Morgan fingerprint density at radius 3 is 2.69 bits per heavy atom. The van der Waals surface area contributed by atoms with E-state index < -0.39 is 5.76 Å². The van der Waals surface area contributed by atoms with Crippen LogP contribution in [0.15, 0.2) is 39.6 Å². The lowest BCUT2D eigenvalue weighted by Gasteiger charge is -2.01. The van der Waals surface area contributed by atoms with Crippen LogP contribution in [0.1, 0.15) is 12.0 Å². The van der Waals surface area contributed by atoms with Crippen molar-refractivity contribution in [2.75, 3.05) is 5.73 Å². The average molecular weight is 219 g/mol. The molecule has 0 unspecified atom stereocenters. The molecule has 0 saturated carbocycles. The molecule has 2 N–H and O–H groups in total. The molecule has 5 heteroatoms. The van der Waals surface area contributed by atoms with Gasteiger partial charge in [0.25, 0.3) is 0 Å². The van der Waals surface area contributed by atoms with E-state index in [2.05, 4.69) is 21.8 Å². The van der Waals surface area contributed by atoms with Gasteiger partial charge in [0.1, 0.15) is 0 Å². The van der Waals surface area contributed by atoms with Gasteiger partial charge in [-0.15, -0.1) is 0 Å². The second kappa shape index (κ2) is 4.65. The highest BCUT2D eigenvalue weighted by atomic mass is 16.5. The fraction of sp³-hybridized carbons (Fsp3) is 0.273. The number of hydrogen-bond acceptors (Lipinski definition) is 4. The average Bonchev–Trinajstić information content (AvgIpc) is 2.62. The zero-order valence-corrected chi connectivity index (χ0v) is 8.80. The Morgan fingerprint density at radius 1 is 1.31 bits per heavy atom. The minimum Gasteiger partial charge on any atom is -0.367 e. The summed E-state index contributed by atoms with van der Waals surface area (Å²) in [5, 5.41) is 3.40. The molecule has 0 radical (unpaired) electrons. The Labute approximate surface area is 92.5 Å². The lowest BCUT2D eigenvalue weighted by molar-refractivity contribution is 0.375. The molecule has 0 amide bonds. The molecule has 1 aromatic carbocycles. The van der Waals surface area contributed by atoms with E-state index >= 15 is 0 Å². The SMILES string of the molecule is Nc1noc(=O)n1CCCc1ccccc1. The van der Waals surface area contributed by atoms with Gasteiger partial charge in [0.15, 0.2) is 0 Å². The van der Waals surface area contributed by atoms with Gasteiger partial charge in [0.05, 0.1) is 0 Å². The number of nitrogens with two attached hydrogens (primary N) is 1. The molecule has 1 aromatic heterocycles. The van der Waals surface area contributed by atoms with Crippen LogP contribution in [-0.2, 0) is 13.0 Å². The number of aryl methyl sites for hydroxylation is 1. The van der Waals surface area contributed by atoms with Gasteiger partial charge in [0.2, 0.25) is 5.95 Å². The maximum Gasteiger partial charge on any atom is 0.443 e. The Kier molecular flexibility index (Phi) is 3.05. The minimum absolute atomic E-state index is 0.137. The molecule has 0 aliphatic rings. The second-order valence-electron chi connectivity index (χ2n) is 3.55. The molecule has 1 heterocycles. The normalized spacial score (nSPS) is 10.5. The summed E-state index contributed by atoms with van der Waals surface area (Å²) in [6.45, 7) is 0.531. The number of nitrogens with zero attached hydrogens (tertiary/aromatic N) is 2. The third-order valence-electron chi connectivity index (χ3n) is 2.40. The van der Waals surface area contributed by atoms with E-state index in [0.717, 1.165) is 12.8 Å². The van der Waals surface area contributed by atoms with E-state index in [1.54, 1.807) is 0 Å². The van der Waals surface area contributed by atoms with E-state index in [1.165, 1.54) is 10.1 Å². The third-order valence-corrected chi connectivity index (χ3v) is 2.40. The van der Waals surface area contributed by atoms with E-state index in [4.69, 9.17) is 5.73 Å². The van der Waals surface area contributed by atoms with Crippen LogP contribution < -0.4 is 11.5 Å². The zero-order chi connectivity index (χ0) is 11.4. The fourth-order valence-electron chi connectivity index (χ4n) is 1.57. The highest BCUT2D eigenvalue weighted by molar-refractivity contribution is 5.15. The van der Waals surface area contributed by atoms with Crippen molar-refractivity contribution in [2.45, 2.75) is 19.4 Å². The van der Waals surface area contributed by atoms with E-state index in [-0.39, 0.29) is 5.95 Å². The summed E-state index contributed by atoms with van der Waals surface area (Å²) in [4.78, 5) is 11.1. The van der Waals surface area contributed by atoms with Gasteiger partial charge in [-0.3, -0.25) is 4.52 Å². The Morgan fingerprint density at radius 2 is 2.06 bits per heavy atom. The summed E-state index contributed by atoms with van der Waals surface area (Å²) in [6.07, 6.45) is 1.73. The Balaban J connectivity index is 1.92. The first-order valence-electron chi connectivity index (χ1n) is 5.13. The number of nitrogen functional groups attached to an aromatic ring is 1. The van der Waals surface area contributed by atoms with Crippen molar-refractivity contribution in [2.24, 2.45) is 0 Å². The van der Waals surface area contributed by atoms with Gasteiger partial charge >= 0.3 is 5.76 Å². The van der Waals surface area contributed by atoms with Gasteiger partial charge in [-0.05, 0) is 23.6 Å². The van der Waals surface area contributed by atoms with Gasteiger partial charge < -0.3 is 5.73 Å². The van der Waals surface area contributed by atoms with Crippen LogP contribution in [0.3, 0.4) is 0 Å². The van der Waals surface area contributed by atoms with Gasteiger partial charge in [-0.1, -0.05) is 30.3 Å². The number of aromatic nitrogens is 2. The predicted octanol–water partition coefficient (Wildman–Crippen LogP) is 1.05. The third kappa shape index (κ3) is 2.31. The first-order chi connectivity index (χ1) is 7.77. The molecular formula is C11H13N3O2. The van der Waals surface area contributed by atoms with Crippen LogP contribution >= 0.6 is 0 Å². The summed E-state index contributed by atoms with van der Waals surface area (Å²) in [7, 11) is 0. The van der Waals surface area contributed by atoms with Crippen LogP contribution in [-0.4, -0.2) is 9.72 Å². The Bertz CT molecular complexity index is 501. The molecule has 0 atom stereocenters. The van der Waals surface area contributed by atoms with Crippen molar-refractivity contribution in [3.63, 3.8) is 0 Å². The van der Waals surface area contributed by atoms with Crippen LogP contribution in [0.25, 0.3) is 0 Å². The minimum atomic E-state index is -0.495.